The van der Waals surface area contributed by atoms with E-state index in [1.54, 1.807) is 37.1 Å². The average molecular weight is 568 g/mol. The number of benzene rings is 3. The van der Waals surface area contributed by atoms with Crippen molar-refractivity contribution >= 4 is 27.6 Å². The first-order valence-electron chi connectivity index (χ1n) is 14.3. The summed E-state index contributed by atoms with van der Waals surface area (Å²) in [5, 5.41) is 13.3. The summed E-state index contributed by atoms with van der Waals surface area (Å²) < 4.78 is 26.9. The molecule has 7 nitrogen and oxygen atoms in total. The number of pyridine rings is 1. The predicted molar refractivity (Wildman–Crippen MR) is 161 cm³/mol. The molecule has 1 saturated heterocycles. The van der Waals surface area contributed by atoms with Gasteiger partial charge in [-0.05, 0) is 78.3 Å². The first kappa shape index (κ1) is 27.6. The van der Waals surface area contributed by atoms with E-state index >= 15 is 0 Å². The van der Waals surface area contributed by atoms with E-state index in [4.69, 9.17) is 14.5 Å². The molecule has 1 aliphatic heterocycles. The topological polar surface area (TPSA) is 76.8 Å². The molecule has 1 fully saturated rings. The van der Waals surface area contributed by atoms with Gasteiger partial charge in [-0.1, -0.05) is 24.3 Å². The standard InChI is InChI=1S/C34H34FN3O4/c1-37-20-29-27(18-30(39)38-14-4-3-5-15-38)28-17-24(16-22-6-10-25(35)11-7-22)19-36-32(28)33(31(29)34(37)40)42-21-23-8-12-26(41-2)13-9-23/h6-13,17,19-20,40H,3-5,14-16,18,21H2,1-2H3. The van der Waals surface area contributed by atoms with Gasteiger partial charge in [-0.2, -0.15) is 0 Å². The molecule has 6 rings (SSSR count). The van der Waals surface area contributed by atoms with Crippen molar-refractivity contribution in [3.8, 4) is 17.4 Å². The highest BCUT2D eigenvalue weighted by atomic mass is 19.1. The van der Waals surface area contributed by atoms with Crippen LogP contribution in [-0.2, 0) is 31.3 Å². The Labute approximate surface area is 244 Å². The number of methoxy groups -OCH3 is 1. The molecule has 0 atom stereocenters. The lowest BCUT2D eigenvalue weighted by Gasteiger charge is -2.27. The third-order valence-corrected chi connectivity index (χ3v) is 8.09. The summed E-state index contributed by atoms with van der Waals surface area (Å²) in [7, 11) is 3.40. The molecule has 5 aromatic rings. The number of carbonyl (C=O) groups excluding carboxylic acids is 1. The van der Waals surface area contributed by atoms with E-state index in [9.17, 15) is 14.3 Å². The van der Waals surface area contributed by atoms with E-state index in [2.05, 4.69) is 0 Å². The van der Waals surface area contributed by atoms with Gasteiger partial charge >= 0.3 is 0 Å². The highest BCUT2D eigenvalue weighted by Crippen LogP contribution is 2.43. The summed E-state index contributed by atoms with van der Waals surface area (Å²) in [6.07, 6.45) is 7.55. The number of carbonyl (C=O) groups is 1. The van der Waals surface area contributed by atoms with Crippen LogP contribution in [0.4, 0.5) is 4.39 Å². The number of fused-ring (bicyclic) bond motifs is 2. The van der Waals surface area contributed by atoms with Gasteiger partial charge in [0.2, 0.25) is 11.8 Å². The molecule has 3 heterocycles. The Bertz CT molecular complexity index is 1740. The number of hydrogen-bond acceptors (Lipinski definition) is 5. The summed E-state index contributed by atoms with van der Waals surface area (Å²) in [5.74, 6) is 1.07. The largest absolute Gasteiger partial charge is 0.497 e. The quantitative estimate of drug-likeness (QED) is 0.238. The second kappa shape index (κ2) is 11.7. The zero-order valence-electron chi connectivity index (χ0n) is 23.9. The Morgan fingerprint density at radius 3 is 2.40 bits per heavy atom. The minimum Gasteiger partial charge on any atom is -0.497 e. The molecule has 0 aliphatic carbocycles. The molecule has 0 spiro atoms. The summed E-state index contributed by atoms with van der Waals surface area (Å²) in [6.45, 7) is 1.78. The van der Waals surface area contributed by atoms with Crippen molar-refractivity contribution < 1.29 is 23.8 Å². The molecule has 0 saturated carbocycles. The number of aromatic hydroxyl groups is 1. The van der Waals surface area contributed by atoms with Gasteiger partial charge < -0.3 is 24.0 Å². The maximum atomic E-state index is 13.6. The third-order valence-electron chi connectivity index (χ3n) is 8.09. The van der Waals surface area contributed by atoms with Crippen molar-refractivity contribution in [2.45, 2.75) is 38.7 Å². The molecular weight excluding hydrogens is 533 g/mol. The second-order valence-electron chi connectivity index (χ2n) is 11.0. The molecule has 3 aromatic carbocycles. The Balaban J connectivity index is 1.47. The normalized spacial score (nSPS) is 13.5. The fraction of sp³-hybridized carbons (Fsp3) is 0.294. The van der Waals surface area contributed by atoms with Crippen LogP contribution in [0.25, 0.3) is 21.7 Å². The molecule has 1 N–H and O–H groups in total. The van der Waals surface area contributed by atoms with Gasteiger partial charge in [0.15, 0.2) is 5.75 Å². The zero-order chi connectivity index (χ0) is 29.2. The lowest BCUT2D eigenvalue weighted by molar-refractivity contribution is -0.131. The Morgan fingerprint density at radius 1 is 0.976 bits per heavy atom. The first-order valence-corrected chi connectivity index (χ1v) is 14.3. The van der Waals surface area contributed by atoms with E-state index in [0.717, 1.165) is 71.1 Å². The third kappa shape index (κ3) is 5.49. The number of likely N-dealkylation sites (tertiary alicyclic amines) is 1. The molecule has 8 heteroatoms. The van der Waals surface area contributed by atoms with Crippen LogP contribution in [-0.4, -0.2) is 45.7 Å². The predicted octanol–water partition coefficient (Wildman–Crippen LogP) is 6.30. The number of nitrogens with zero attached hydrogens (tertiary/aromatic N) is 3. The molecule has 1 aliphatic rings. The van der Waals surface area contributed by atoms with Gasteiger partial charge in [0.1, 0.15) is 23.7 Å². The molecule has 0 unspecified atom stereocenters. The number of halogens is 1. The van der Waals surface area contributed by atoms with Gasteiger partial charge in [0.05, 0.1) is 18.9 Å². The molecule has 42 heavy (non-hydrogen) atoms. The summed E-state index contributed by atoms with van der Waals surface area (Å²) in [5.41, 5.74) is 4.22. The first-order chi connectivity index (χ1) is 20.4. The number of ether oxygens (including phenoxy) is 2. The van der Waals surface area contributed by atoms with E-state index in [1.165, 1.54) is 12.1 Å². The summed E-state index contributed by atoms with van der Waals surface area (Å²) in [4.78, 5) is 20.4. The van der Waals surface area contributed by atoms with Crippen molar-refractivity contribution in [3.05, 3.63) is 95.1 Å². The van der Waals surface area contributed by atoms with Gasteiger partial charge in [-0.15, -0.1) is 0 Å². The minimum atomic E-state index is -0.279. The molecule has 216 valence electrons. The highest BCUT2D eigenvalue weighted by molar-refractivity contribution is 6.11. The van der Waals surface area contributed by atoms with E-state index in [1.807, 2.05) is 41.4 Å². The van der Waals surface area contributed by atoms with Crippen LogP contribution in [0.3, 0.4) is 0 Å². The van der Waals surface area contributed by atoms with Crippen LogP contribution < -0.4 is 9.47 Å². The smallest absolute Gasteiger partial charge is 0.227 e. The van der Waals surface area contributed by atoms with Crippen LogP contribution in [0.2, 0.25) is 0 Å². The average Bonchev–Trinajstić information content (AvgIpc) is 3.32. The lowest BCUT2D eigenvalue weighted by atomic mass is 9.95. The summed E-state index contributed by atoms with van der Waals surface area (Å²) in [6, 6.07) is 16.1. The number of aryl methyl sites for hydroxylation is 1. The molecule has 2 aromatic heterocycles. The van der Waals surface area contributed by atoms with Gasteiger partial charge in [0, 0.05) is 43.3 Å². The van der Waals surface area contributed by atoms with Crippen LogP contribution in [0.5, 0.6) is 17.4 Å². The van der Waals surface area contributed by atoms with E-state index in [0.29, 0.717) is 23.1 Å². The Morgan fingerprint density at radius 2 is 1.69 bits per heavy atom. The molecule has 0 bridgehead atoms. The van der Waals surface area contributed by atoms with Crippen molar-refractivity contribution in [3.63, 3.8) is 0 Å². The summed E-state index contributed by atoms with van der Waals surface area (Å²) >= 11 is 0. The monoisotopic (exact) mass is 567 g/mol. The van der Waals surface area contributed by atoms with Gasteiger partial charge in [0.25, 0.3) is 0 Å². The number of piperidine rings is 1. The Kier molecular flexibility index (Phi) is 7.69. The van der Waals surface area contributed by atoms with Gasteiger partial charge in [-0.25, -0.2) is 4.39 Å². The maximum Gasteiger partial charge on any atom is 0.227 e. The number of rotatable bonds is 8. The second-order valence-corrected chi connectivity index (χ2v) is 11.0. The molecule has 0 radical (unpaired) electrons. The van der Waals surface area contributed by atoms with Crippen LogP contribution >= 0.6 is 0 Å². The van der Waals surface area contributed by atoms with Crippen molar-refractivity contribution in [2.24, 2.45) is 7.05 Å². The van der Waals surface area contributed by atoms with E-state index < -0.39 is 0 Å². The van der Waals surface area contributed by atoms with Gasteiger partial charge in [-0.3, -0.25) is 9.78 Å². The van der Waals surface area contributed by atoms with E-state index in [-0.39, 0.29) is 30.6 Å². The van der Waals surface area contributed by atoms with Crippen molar-refractivity contribution in [1.82, 2.24) is 14.5 Å². The number of hydrogen-bond donors (Lipinski definition) is 1. The van der Waals surface area contributed by atoms with Crippen LogP contribution in [0, 0.1) is 5.82 Å². The maximum absolute atomic E-state index is 13.6. The molecule has 1 amide bonds. The minimum absolute atomic E-state index is 0.0560. The Hall–Kier alpha value is -4.59. The van der Waals surface area contributed by atoms with Crippen molar-refractivity contribution in [1.29, 1.82) is 0 Å². The highest BCUT2D eigenvalue weighted by Gasteiger charge is 2.25. The number of amides is 1. The molecular formula is C34H34FN3O4. The fourth-order valence-corrected chi connectivity index (χ4v) is 5.80. The van der Waals surface area contributed by atoms with Crippen LogP contribution in [0.15, 0.2) is 67.0 Å². The van der Waals surface area contributed by atoms with Crippen molar-refractivity contribution in [2.75, 3.05) is 20.2 Å². The van der Waals surface area contributed by atoms with Crippen LogP contribution in [0.1, 0.15) is 41.5 Å². The number of aromatic nitrogens is 2. The SMILES string of the molecule is COc1ccc(COc2c3ncc(Cc4ccc(F)cc4)cc3c(CC(=O)N3CCCCC3)c3cn(C)c(O)c23)cc1. The zero-order valence-corrected chi connectivity index (χ0v) is 23.9. The fourth-order valence-electron chi connectivity index (χ4n) is 5.80. The lowest BCUT2D eigenvalue weighted by Crippen LogP contribution is -2.36.